The van der Waals surface area contributed by atoms with Crippen LogP contribution < -0.4 is 5.56 Å². The first-order valence-electron chi connectivity index (χ1n) is 5.63. The van der Waals surface area contributed by atoms with Crippen molar-refractivity contribution in [1.82, 2.24) is 19.6 Å². The minimum atomic E-state index is -0.126. The summed E-state index contributed by atoms with van der Waals surface area (Å²) in [7, 11) is 3.46. The lowest BCUT2D eigenvalue weighted by Gasteiger charge is -1.98. The monoisotopic (exact) mass is 240 g/mol. The Morgan fingerprint density at radius 2 is 1.78 bits per heavy atom. The Kier molecular flexibility index (Phi) is 2.26. The summed E-state index contributed by atoms with van der Waals surface area (Å²) in [5.41, 5.74) is 2.26. The zero-order valence-corrected chi connectivity index (χ0v) is 10.2. The summed E-state index contributed by atoms with van der Waals surface area (Å²) in [6.07, 6.45) is 1.66. The van der Waals surface area contributed by atoms with E-state index in [1.54, 1.807) is 17.9 Å². The lowest BCUT2D eigenvalue weighted by atomic mass is 10.1. The van der Waals surface area contributed by atoms with E-state index in [-0.39, 0.29) is 5.56 Å². The summed E-state index contributed by atoms with van der Waals surface area (Å²) in [4.78, 5) is 12.2. The summed E-state index contributed by atoms with van der Waals surface area (Å²) >= 11 is 0. The fraction of sp³-hybridized carbons (Fsp3) is 0.154. The molecule has 1 aromatic carbocycles. The maximum Gasteiger partial charge on any atom is 0.278 e. The molecule has 0 unspecified atom stereocenters. The Morgan fingerprint density at radius 3 is 2.50 bits per heavy atom. The molecule has 0 aliphatic rings. The average molecular weight is 240 g/mol. The molecule has 3 aromatic rings. The highest BCUT2D eigenvalue weighted by Crippen LogP contribution is 2.23. The Labute approximate surface area is 103 Å². The van der Waals surface area contributed by atoms with Gasteiger partial charge in [0.1, 0.15) is 5.69 Å². The van der Waals surface area contributed by atoms with Crippen molar-refractivity contribution in [2.24, 2.45) is 14.1 Å². The van der Waals surface area contributed by atoms with Crippen molar-refractivity contribution in [2.75, 3.05) is 0 Å². The SMILES string of the molecule is Cn1ncc2c(c(-c3ccccc3)nn2C)c1=O. The number of benzene rings is 1. The van der Waals surface area contributed by atoms with Gasteiger partial charge in [-0.15, -0.1) is 0 Å². The fourth-order valence-electron chi connectivity index (χ4n) is 2.05. The number of hydrogen-bond donors (Lipinski definition) is 0. The number of aromatic nitrogens is 4. The van der Waals surface area contributed by atoms with E-state index >= 15 is 0 Å². The van der Waals surface area contributed by atoms with Crippen LogP contribution in [-0.4, -0.2) is 19.6 Å². The van der Waals surface area contributed by atoms with Crippen LogP contribution in [0.3, 0.4) is 0 Å². The number of rotatable bonds is 1. The molecular weight excluding hydrogens is 228 g/mol. The van der Waals surface area contributed by atoms with Crippen LogP contribution in [0, 0.1) is 0 Å². The minimum Gasteiger partial charge on any atom is -0.267 e. The first-order chi connectivity index (χ1) is 8.68. The lowest BCUT2D eigenvalue weighted by Crippen LogP contribution is -2.19. The lowest BCUT2D eigenvalue weighted by molar-refractivity contribution is 0.713. The standard InChI is InChI=1S/C13H12N4O/c1-16-10-8-14-17(2)13(18)11(10)12(15-16)9-6-4-3-5-7-9/h3-8H,1-2H3. The van der Waals surface area contributed by atoms with Gasteiger partial charge in [0, 0.05) is 19.7 Å². The van der Waals surface area contributed by atoms with Crippen molar-refractivity contribution in [3.8, 4) is 11.3 Å². The number of aryl methyl sites for hydroxylation is 2. The predicted molar refractivity (Wildman–Crippen MR) is 69.2 cm³/mol. The van der Waals surface area contributed by atoms with Crippen molar-refractivity contribution in [3.63, 3.8) is 0 Å². The molecule has 5 heteroatoms. The Hall–Kier alpha value is -2.43. The highest BCUT2D eigenvalue weighted by Gasteiger charge is 2.14. The van der Waals surface area contributed by atoms with Gasteiger partial charge >= 0.3 is 0 Å². The van der Waals surface area contributed by atoms with E-state index < -0.39 is 0 Å². The van der Waals surface area contributed by atoms with E-state index in [9.17, 15) is 4.79 Å². The van der Waals surface area contributed by atoms with E-state index in [0.717, 1.165) is 11.1 Å². The first kappa shape index (κ1) is 10.7. The number of fused-ring (bicyclic) bond motifs is 1. The molecule has 0 radical (unpaired) electrons. The van der Waals surface area contributed by atoms with Crippen LogP contribution in [0.4, 0.5) is 0 Å². The smallest absolute Gasteiger partial charge is 0.267 e. The second kappa shape index (κ2) is 3.80. The largest absolute Gasteiger partial charge is 0.278 e. The molecule has 90 valence electrons. The van der Waals surface area contributed by atoms with Gasteiger partial charge in [0.15, 0.2) is 0 Å². The second-order valence-electron chi connectivity index (χ2n) is 4.17. The van der Waals surface area contributed by atoms with Crippen molar-refractivity contribution >= 4 is 10.9 Å². The zero-order valence-electron chi connectivity index (χ0n) is 10.2. The molecule has 0 aliphatic carbocycles. The molecule has 0 atom stereocenters. The summed E-state index contributed by atoms with van der Waals surface area (Å²) < 4.78 is 3.02. The third-order valence-corrected chi connectivity index (χ3v) is 3.00. The molecule has 3 rings (SSSR count). The summed E-state index contributed by atoms with van der Waals surface area (Å²) in [5.74, 6) is 0. The Balaban J connectivity index is 2.45. The van der Waals surface area contributed by atoms with Crippen LogP contribution in [-0.2, 0) is 14.1 Å². The van der Waals surface area contributed by atoms with Crippen LogP contribution in [0.15, 0.2) is 41.3 Å². The van der Waals surface area contributed by atoms with Crippen molar-refractivity contribution in [1.29, 1.82) is 0 Å². The molecule has 2 heterocycles. The van der Waals surface area contributed by atoms with E-state index in [1.807, 2.05) is 37.4 Å². The van der Waals surface area contributed by atoms with Crippen LogP contribution in [0.2, 0.25) is 0 Å². The first-order valence-corrected chi connectivity index (χ1v) is 5.63. The van der Waals surface area contributed by atoms with Gasteiger partial charge in [-0.3, -0.25) is 9.48 Å². The molecule has 0 saturated carbocycles. The predicted octanol–water partition coefficient (Wildman–Crippen LogP) is 1.33. The van der Waals surface area contributed by atoms with Gasteiger partial charge in [0.05, 0.1) is 17.1 Å². The minimum absolute atomic E-state index is 0.126. The van der Waals surface area contributed by atoms with Crippen molar-refractivity contribution in [2.45, 2.75) is 0 Å². The van der Waals surface area contributed by atoms with E-state index in [4.69, 9.17) is 0 Å². The highest BCUT2D eigenvalue weighted by molar-refractivity contribution is 5.92. The molecule has 18 heavy (non-hydrogen) atoms. The maximum absolute atomic E-state index is 12.2. The fourth-order valence-corrected chi connectivity index (χ4v) is 2.05. The van der Waals surface area contributed by atoms with E-state index in [2.05, 4.69) is 10.2 Å². The molecule has 0 fully saturated rings. The van der Waals surface area contributed by atoms with Gasteiger partial charge in [0.25, 0.3) is 5.56 Å². The van der Waals surface area contributed by atoms with Gasteiger partial charge in [0.2, 0.25) is 0 Å². The maximum atomic E-state index is 12.2. The number of hydrogen-bond acceptors (Lipinski definition) is 3. The third kappa shape index (κ3) is 1.44. The third-order valence-electron chi connectivity index (χ3n) is 3.00. The molecule has 0 amide bonds. The summed E-state index contributed by atoms with van der Waals surface area (Å²) in [6.45, 7) is 0. The van der Waals surface area contributed by atoms with Crippen LogP contribution in [0.5, 0.6) is 0 Å². The van der Waals surface area contributed by atoms with Gasteiger partial charge in [-0.1, -0.05) is 30.3 Å². The van der Waals surface area contributed by atoms with Gasteiger partial charge in [-0.05, 0) is 0 Å². The highest BCUT2D eigenvalue weighted by atomic mass is 16.1. The number of nitrogens with zero attached hydrogens (tertiary/aromatic N) is 4. The van der Waals surface area contributed by atoms with Gasteiger partial charge in [-0.2, -0.15) is 10.2 Å². The van der Waals surface area contributed by atoms with Crippen LogP contribution >= 0.6 is 0 Å². The molecule has 0 saturated heterocycles. The molecule has 5 nitrogen and oxygen atoms in total. The molecular formula is C13H12N4O. The summed E-state index contributed by atoms with van der Waals surface area (Å²) in [6, 6.07) is 9.70. The average Bonchev–Trinajstić information content (AvgIpc) is 2.73. The molecule has 2 aromatic heterocycles. The Morgan fingerprint density at radius 1 is 1.06 bits per heavy atom. The topological polar surface area (TPSA) is 52.7 Å². The molecule has 0 N–H and O–H groups in total. The van der Waals surface area contributed by atoms with Gasteiger partial charge < -0.3 is 0 Å². The summed E-state index contributed by atoms with van der Waals surface area (Å²) in [5, 5.41) is 9.06. The van der Waals surface area contributed by atoms with Crippen LogP contribution in [0.1, 0.15) is 0 Å². The molecule has 0 bridgehead atoms. The van der Waals surface area contributed by atoms with Crippen LogP contribution in [0.25, 0.3) is 22.2 Å². The van der Waals surface area contributed by atoms with E-state index in [1.165, 1.54) is 4.68 Å². The van der Waals surface area contributed by atoms with Crippen molar-refractivity contribution in [3.05, 3.63) is 46.9 Å². The van der Waals surface area contributed by atoms with E-state index in [0.29, 0.717) is 11.1 Å². The van der Waals surface area contributed by atoms with Crippen molar-refractivity contribution < 1.29 is 0 Å². The molecule has 0 aliphatic heterocycles. The van der Waals surface area contributed by atoms with Gasteiger partial charge in [-0.25, -0.2) is 4.68 Å². The Bertz CT molecular complexity index is 771. The second-order valence-corrected chi connectivity index (χ2v) is 4.17. The zero-order chi connectivity index (χ0) is 12.7. The quantitative estimate of drug-likeness (QED) is 0.645. The molecule has 0 spiro atoms. The normalized spacial score (nSPS) is 11.0.